The van der Waals surface area contributed by atoms with Gasteiger partial charge in [-0.05, 0) is 48.6 Å². The van der Waals surface area contributed by atoms with Gasteiger partial charge in [-0.15, -0.1) is 0 Å². The van der Waals surface area contributed by atoms with E-state index >= 15 is 0 Å². The summed E-state index contributed by atoms with van der Waals surface area (Å²) in [5, 5.41) is 3.11. The van der Waals surface area contributed by atoms with Gasteiger partial charge in [0.15, 0.2) is 0 Å². The van der Waals surface area contributed by atoms with Crippen LogP contribution >= 0.6 is 0 Å². The number of nitrogens with zero attached hydrogens (tertiary/aromatic N) is 2. The molecule has 3 aliphatic heterocycles. The van der Waals surface area contributed by atoms with Crippen LogP contribution in [-0.4, -0.2) is 46.9 Å². The fourth-order valence-corrected chi connectivity index (χ4v) is 5.94. The Balaban J connectivity index is 1.33. The molecule has 5 nitrogen and oxygen atoms in total. The van der Waals surface area contributed by atoms with Crippen LogP contribution in [0.25, 0.3) is 0 Å². The van der Waals surface area contributed by atoms with Gasteiger partial charge in [0.1, 0.15) is 0 Å². The minimum atomic E-state index is 0.0209. The van der Waals surface area contributed by atoms with E-state index in [9.17, 15) is 9.59 Å². The van der Waals surface area contributed by atoms with E-state index in [1.807, 2.05) is 41.3 Å². The highest BCUT2D eigenvalue weighted by molar-refractivity contribution is 5.78. The van der Waals surface area contributed by atoms with Gasteiger partial charge in [0, 0.05) is 38.1 Å². The molecule has 5 rings (SSSR count). The van der Waals surface area contributed by atoms with E-state index in [0.717, 1.165) is 44.3 Å². The van der Waals surface area contributed by atoms with E-state index in [0.29, 0.717) is 30.7 Å². The molecular formula is C26H31N3O2. The molecule has 2 bridgehead atoms. The number of hydrogen-bond donors (Lipinski definition) is 1. The van der Waals surface area contributed by atoms with Crippen LogP contribution < -0.4 is 5.32 Å². The monoisotopic (exact) mass is 417 g/mol. The zero-order valence-electron chi connectivity index (χ0n) is 18.0. The van der Waals surface area contributed by atoms with Crippen LogP contribution in [0.3, 0.4) is 0 Å². The summed E-state index contributed by atoms with van der Waals surface area (Å²) in [5.41, 5.74) is 2.38. The molecule has 3 amide bonds. The number of urea groups is 1. The first-order chi connectivity index (χ1) is 15.2. The zero-order valence-corrected chi connectivity index (χ0v) is 18.0. The molecule has 1 N–H and O–H groups in total. The number of rotatable bonds is 4. The van der Waals surface area contributed by atoms with Gasteiger partial charge in [-0.2, -0.15) is 0 Å². The van der Waals surface area contributed by atoms with Gasteiger partial charge < -0.3 is 15.1 Å². The van der Waals surface area contributed by atoms with Gasteiger partial charge in [-0.1, -0.05) is 60.7 Å². The molecule has 0 unspecified atom stereocenters. The molecule has 0 radical (unpaired) electrons. The van der Waals surface area contributed by atoms with Crippen molar-refractivity contribution in [3.8, 4) is 0 Å². The molecule has 3 saturated heterocycles. The first kappa shape index (κ1) is 20.1. The van der Waals surface area contributed by atoms with Crippen molar-refractivity contribution in [1.29, 1.82) is 0 Å². The Bertz CT molecular complexity index is 917. The maximum absolute atomic E-state index is 13.0. The molecule has 2 aromatic rings. The standard InChI is InChI=1S/C26H31N3O2/c30-25-13-7-12-23-21-15-22(24(29(23)25)14-19-8-3-1-4-9-19)18-28(17-21)26(31)27-16-20-10-5-2-6-11-20/h1-6,8-11,21-24H,7,12-18H2,(H,27,31)/t21-,22+,23+,24+/m1/s1. The van der Waals surface area contributed by atoms with Crippen molar-refractivity contribution < 1.29 is 9.59 Å². The van der Waals surface area contributed by atoms with Crippen molar-refractivity contribution in [1.82, 2.24) is 15.1 Å². The molecule has 2 aromatic carbocycles. The van der Waals surface area contributed by atoms with E-state index in [1.165, 1.54) is 5.56 Å². The topological polar surface area (TPSA) is 52.7 Å². The molecule has 5 heteroatoms. The number of nitrogens with one attached hydrogen (secondary N) is 1. The highest BCUT2D eigenvalue weighted by atomic mass is 16.2. The van der Waals surface area contributed by atoms with Crippen molar-refractivity contribution in [2.75, 3.05) is 13.1 Å². The van der Waals surface area contributed by atoms with Crippen LogP contribution in [0.5, 0.6) is 0 Å². The van der Waals surface area contributed by atoms with Crippen molar-refractivity contribution in [2.45, 2.75) is 50.7 Å². The van der Waals surface area contributed by atoms with Gasteiger partial charge in [0.2, 0.25) is 5.91 Å². The molecule has 0 aromatic heterocycles. The predicted molar refractivity (Wildman–Crippen MR) is 120 cm³/mol. The van der Waals surface area contributed by atoms with Crippen molar-refractivity contribution in [3.05, 3.63) is 71.8 Å². The Morgan fingerprint density at radius 1 is 0.935 bits per heavy atom. The van der Waals surface area contributed by atoms with Gasteiger partial charge in [0.05, 0.1) is 0 Å². The molecule has 0 aliphatic carbocycles. The zero-order chi connectivity index (χ0) is 21.2. The number of carbonyl (C=O) groups is 2. The lowest BCUT2D eigenvalue weighted by Crippen LogP contribution is -2.66. The van der Waals surface area contributed by atoms with E-state index < -0.39 is 0 Å². The number of likely N-dealkylation sites (tertiary alicyclic amines) is 1. The van der Waals surface area contributed by atoms with E-state index in [-0.39, 0.29) is 18.1 Å². The summed E-state index contributed by atoms with van der Waals surface area (Å²) < 4.78 is 0. The van der Waals surface area contributed by atoms with Crippen LogP contribution in [-0.2, 0) is 17.8 Å². The third-order valence-corrected chi connectivity index (χ3v) is 7.36. The second-order valence-electron chi connectivity index (χ2n) is 9.32. The predicted octanol–water partition coefficient (Wildman–Crippen LogP) is 3.84. The minimum absolute atomic E-state index is 0.0209. The highest BCUT2D eigenvalue weighted by Gasteiger charge is 2.49. The van der Waals surface area contributed by atoms with E-state index in [2.05, 4.69) is 34.5 Å². The van der Waals surface area contributed by atoms with Crippen LogP contribution in [0.15, 0.2) is 60.7 Å². The molecule has 3 aliphatic rings. The normalized spacial score (nSPS) is 27.5. The molecule has 4 atom stereocenters. The lowest BCUT2D eigenvalue weighted by atomic mass is 9.71. The van der Waals surface area contributed by atoms with Crippen molar-refractivity contribution in [3.63, 3.8) is 0 Å². The molecule has 0 spiro atoms. The van der Waals surface area contributed by atoms with Crippen LogP contribution in [0, 0.1) is 11.8 Å². The third kappa shape index (κ3) is 4.18. The average Bonchev–Trinajstić information content (AvgIpc) is 2.81. The van der Waals surface area contributed by atoms with Crippen LogP contribution in [0.4, 0.5) is 4.79 Å². The first-order valence-electron chi connectivity index (χ1n) is 11.6. The summed E-state index contributed by atoms with van der Waals surface area (Å²) in [6.45, 7) is 2.03. The molecule has 31 heavy (non-hydrogen) atoms. The average molecular weight is 418 g/mol. The second-order valence-corrected chi connectivity index (χ2v) is 9.32. The fourth-order valence-electron chi connectivity index (χ4n) is 5.94. The van der Waals surface area contributed by atoms with Gasteiger partial charge >= 0.3 is 6.03 Å². The Labute approximate surface area is 184 Å². The summed E-state index contributed by atoms with van der Waals surface area (Å²) in [4.78, 5) is 30.2. The Kier molecular flexibility index (Phi) is 5.66. The fraction of sp³-hybridized carbons (Fsp3) is 0.462. The maximum atomic E-state index is 13.0. The Morgan fingerprint density at radius 2 is 1.61 bits per heavy atom. The van der Waals surface area contributed by atoms with Crippen molar-refractivity contribution in [2.24, 2.45) is 11.8 Å². The summed E-state index contributed by atoms with van der Waals surface area (Å²) in [6, 6.07) is 21.0. The summed E-state index contributed by atoms with van der Waals surface area (Å²) in [6.07, 6.45) is 4.70. The summed E-state index contributed by atoms with van der Waals surface area (Å²) >= 11 is 0. The van der Waals surface area contributed by atoms with E-state index in [4.69, 9.17) is 0 Å². The third-order valence-electron chi connectivity index (χ3n) is 7.36. The second kappa shape index (κ2) is 8.74. The lowest BCUT2D eigenvalue weighted by molar-refractivity contribution is -0.151. The van der Waals surface area contributed by atoms with Gasteiger partial charge in [-0.3, -0.25) is 4.79 Å². The molecular weight excluding hydrogens is 386 g/mol. The highest BCUT2D eigenvalue weighted by Crippen LogP contribution is 2.42. The van der Waals surface area contributed by atoms with Crippen molar-refractivity contribution >= 4 is 11.9 Å². The Morgan fingerprint density at radius 3 is 2.35 bits per heavy atom. The van der Waals surface area contributed by atoms with E-state index in [1.54, 1.807) is 0 Å². The SMILES string of the molecule is O=C(NCc1ccccc1)N1C[C@H]2C[C@@H](C1)[C@H](Cc1ccccc1)N1C(=O)CCC[C@@H]21. The summed E-state index contributed by atoms with van der Waals surface area (Å²) in [7, 11) is 0. The minimum Gasteiger partial charge on any atom is -0.336 e. The molecule has 3 fully saturated rings. The van der Waals surface area contributed by atoms with Gasteiger partial charge in [0.25, 0.3) is 0 Å². The first-order valence-corrected chi connectivity index (χ1v) is 11.6. The largest absolute Gasteiger partial charge is 0.336 e. The number of piperidine rings is 3. The summed E-state index contributed by atoms with van der Waals surface area (Å²) in [5.74, 6) is 1.03. The Hall–Kier alpha value is -2.82. The van der Waals surface area contributed by atoms with Gasteiger partial charge in [-0.25, -0.2) is 4.79 Å². The molecule has 0 saturated carbocycles. The van der Waals surface area contributed by atoms with Crippen LogP contribution in [0.2, 0.25) is 0 Å². The number of carbonyl (C=O) groups excluding carboxylic acids is 2. The molecule has 3 heterocycles. The quantitative estimate of drug-likeness (QED) is 0.822. The number of amides is 3. The number of benzene rings is 2. The van der Waals surface area contributed by atoms with Crippen LogP contribution in [0.1, 0.15) is 36.8 Å². The lowest BCUT2D eigenvalue weighted by Gasteiger charge is -2.56. The number of fused-ring (bicyclic) bond motifs is 4. The maximum Gasteiger partial charge on any atom is 0.317 e. The number of hydrogen-bond acceptors (Lipinski definition) is 2. The smallest absolute Gasteiger partial charge is 0.317 e. The molecule has 162 valence electrons.